The summed E-state index contributed by atoms with van der Waals surface area (Å²) in [5.74, 6) is 0.970. The molecular formula is C27H24BrN5O4. The maximum absolute atomic E-state index is 12.4. The second-order valence-electron chi connectivity index (χ2n) is 8.27. The van der Waals surface area contributed by atoms with Crippen LogP contribution in [0.15, 0.2) is 65.3 Å². The number of benzene rings is 2. The van der Waals surface area contributed by atoms with Gasteiger partial charge >= 0.3 is 0 Å². The topological polar surface area (TPSA) is 118 Å². The third kappa shape index (κ3) is 5.49. The van der Waals surface area contributed by atoms with Crippen molar-refractivity contribution in [3.05, 3.63) is 76.5 Å². The predicted octanol–water partition coefficient (Wildman–Crippen LogP) is 4.60. The van der Waals surface area contributed by atoms with Gasteiger partial charge in [0.2, 0.25) is 0 Å². The molecule has 2 aromatic carbocycles. The highest BCUT2D eigenvalue weighted by Crippen LogP contribution is 2.39. The van der Waals surface area contributed by atoms with E-state index in [1.54, 1.807) is 30.5 Å². The van der Waals surface area contributed by atoms with E-state index in [9.17, 15) is 9.59 Å². The van der Waals surface area contributed by atoms with Gasteiger partial charge in [-0.25, -0.2) is 9.97 Å². The molecular weight excluding hydrogens is 538 g/mol. The quantitative estimate of drug-likeness (QED) is 0.289. The zero-order valence-corrected chi connectivity index (χ0v) is 21.6. The second-order valence-corrected chi connectivity index (χ2v) is 9.12. The first-order chi connectivity index (χ1) is 18.0. The molecule has 0 spiro atoms. The number of aromatic nitrogens is 3. The van der Waals surface area contributed by atoms with E-state index in [0.29, 0.717) is 57.5 Å². The van der Waals surface area contributed by atoms with Gasteiger partial charge in [-0.05, 0) is 59.3 Å². The van der Waals surface area contributed by atoms with Gasteiger partial charge in [0.25, 0.3) is 11.8 Å². The number of nitrogens with zero attached hydrogens (tertiary/aromatic N) is 2. The molecule has 37 heavy (non-hydrogen) atoms. The van der Waals surface area contributed by atoms with Crippen LogP contribution in [-0.2, 0) is 11.2 Å². The highest BCUT2D eigenvalue weighted by molar-refractivity contribution is 9.10. The van der Waals surface area contributed by atoms with Gasteiger partial charge in [0, 0.05) is 36.1 Å². The zero-order valence-electron chi connectivity index (χ0n) is 20.0. The van der Waals surface area contributed by atoms with E-state index in [4.69, 9.17) is 14.5 Å². The fourth-order valence-corrected chi connectivity index (χ4v) is 4.59. The molecule has 3 N–H and O–H groups in total. The van der Waals surface area contributed by atoms with Crippen LogP contribution in [0.4, 0.5) is 5.69 Å². The molecule has 0 saturated carbocycles. The number of anilines is 1. The molecule has 10 heteroatoms. The molecule has 1 aliphatic rings. The Bertz CT molecular complexity index is 1450. The summed E-state index contributed by atoms with van der Waals surface area (Å²) >= 11 is 3.55. The Kier molecular flexibility index (Phi) is 7.18. The Morgan fingerprint density at radius 3 is 2.76 bits per heavy atom. The Labute approximate surface area is 221 Å². The Morgan fingerprint density at radius 2 is 1.97 bits per heavy atom. The number of hydrogen-bond donors (Lipinski definition) is 3. The standard InChI is InChI=1S/C27H24BrN5O4/c1-2-36-23-13-16(12-19(28)25(23)37-15-24(34)31-17-6-4-3-5-7-17)26-29-10-9-21(33-26)22-14-18-20(32-22)8-11-30-27(18)35/h3-7,9-10,12-14,32H,2,8,11,15H2,1H3,(H,30,35)(H,31,34). The first-order valence-electron chi connectivity index (χ1n) is 11.8. The van der Waals surface area contributed by atoms with Gasteiger partial charge in [0.15, 0.2) is 23.9 Å². The third-order valence-electron chi connectivity index (χ3n) is 5.71. The number of carbonyl (C=O) groups is 2. The van der Waals surface area contributed by atoms with E-state index >= 15 is 0 Å². The molecule has 0 radical (unpaired) electrons. The lowest BCUT2D eigenvalue weighted by Gasteiger charge is -2.15. The second kappa shape index (κ2) is 10.8. The molecule has 2 amide bonds. The number of carbonyl (C=O) groups excluding carboxylic acids is 2. The molecule has 2 aromatic heterocycles. The van der Waals surface area contributed by atoms with Crippen LogP contribution in [0, 0.1) is 0 Å². The molecule has 0 bridgehead atoms. The number of nitrogens with one attached hydrogen (secondary N) is 3. The van der Waals surface area contributed by atoms with Crippen LogP contribution in [0.3, 0.4) is 0 Å². The minimum absolute atomic E-state index is 0.0867. The fraction of sp³-hybridized carbons (Fsp3) is 0.185. The molecule has 1 aliphatic heterocycles. The maximum atomic E-state index is 12.4. The third-order valence-corrected chi connectivity index (χ3v) is 6.30. The number of rotatable bonds is 8. The number of halogens is 1. The average molecular weight is 562 g/mol. The summed E-state index contributed by atoms with van der Waals surface area (Å²) in [5, 5.41) is 5.65. The van der Waals surface area contributed by atoms with Crippen LogP contribution in [0.25, 0.3) is 22.8 Å². The maximum Gasteiger partial charge on any atom is 0.262 e. The van der Waals surface area contributed by atoms with Crippen LogP contribution in [0.1, 0.15) is 23.0 Å². The summed E-state index contributed by atoms with van der Waals surface area (Å²) < 4.78 is 12.2. The van der Waals surface area contributed by atoms with E-state index < -0.39 is 0 Å². The highest BCUT2D eigenvalue weighted by atomic mass is 79.9. The van der Waals surface area contributed by atoms with E-state index in [1.807, 2.05) is 37.3 Å². The average Bonchev–Trinajstić information content (AvgIpc) is 3.35. The first kappa shape index (κ1) is 24.5. The predicted molar refractivity (Wildman–Crippen MR) is 143 cm³/mol. The summed E-state index contributed by atoms with van der Waals surface area (Å²) in [6.07, 6.45) is 2.42. The van der Waals surface area contributed by atoms with Crippen molar-refractivity contribution in [2.75, 3.05) is 25.1 Å². The van der Waals surface area contributed by atoms with Crippen molar-refractivity contribution in [1.82, 2.24) is 20.3 Å². The number of amides is 2. The number of hydrogen-bond acceptors (Lipinski definition) is 6. The van der Waals surface area contributed by atoms with Gasteiger partial charge in [0.1, 0.15) is 0 Å². The van der Waals surface area contributed by atoms with Crippen molar-refractivity contribution in [2.24, 2.45) is 0 Å². The number of para-hydroxylation sites is 1. The van der Waals surface area contributed by atoms with E-state index in [-0.39, 0.29) is 18.4 Å². The molecule has 0 fully saturated rings. The van der Waals surface area contributed by atoms with Gasteiger partial charge < -0.3 is 25.1 Å². The minimum Gasteiger partial charge on any atom is -0.490 e. The first-order valence-corrected chi connectivity index (χ1v) is 12.6. The molecule has 0 unspecified atom stereocenters. The number of H-pyrrole nitrogens is 1. The summed E-state index contributed by atoms with van der Waals surface area (Å²) in [6, 6.07) is 16.4. The van der Waals surface area contributed by atoms with Gasteiger partial charge in [-0.2, -0.15) is 0 Å². The normalized spacial score (nSPS) is 12.4. The molecule has 9 nitrogen and oxygen atoms in total. The van der Waals surface area contributed by atoms with Crippen molar-refractivity contribution in [2.45, 2.75) is 13.3 Å². The molecule has 3 heterocycles. The summed E-state index contributed by atoms with van der Waals surface area (Å²) in [6.45, 7) is 2.69. The van der Waals surface area contributed by atoms with Crippen LogP contribution in [-0.4, -0.2) is 46.5 Å². The van der Waals surface area contributed by atoms with Crippen molar-refractivity contribution in [3.8, 4) is 34.3 Å². The van der Waals surface area contributed by atoms with Crippen molar-refractivity contribution in [1.29, 1.82) is 0 Å². The molecule has 0 saturated heterocycles. The Morgan fingerprint density at radius 1 is 1.14 bits per heavy atom. The van der Waals surface area contributed by atoms with E-state index in [0.717, 1.165) is 17.8 Å². The Balaban J connectivity index is 1.38. The largest absolute Gasteiger partial charge is 0.490 e. The van der Waals surface area contributed by atoms with Gasteiger partial charge in [-0.1, -0.05) is 18.2 Å². The lowest BCUT2D eigenvalue weighted by molar-refractivity contribution is -0.118. The van der Waals surface area contributed by atoms with Crippen LogP contribution in [0.2, 0.25) is 0 Å². The molecule has 0 atom stereocenters. The highest BCUT2D eigenvalue weighted by Gasteiger charge is 2.21. The van der Waals surface area contributed by atoms with Gasteiger partial charge in [0.05, 0.1) is 28.0 Å². The number of ether oxygens (including phenoxy) is 2. The fourth-order valence-electron chi connectivity index (χ4n) is 4.04. The number of aromatic amines is 1. The van der Waals surface area contributed by atoms with Crippen LogP contribution < -0.4 is 20.1 Å². The Hall–Kier alpha value is -4.18. The van der Waals surface area contributed by atoms with E-state index in [1.165, 1.54) is 0 Å². The van der Waals surface area contributed by atoms with Crippen molar-refractivity contribution >= 4 is 33.4 Å². The zero-order chi connectivity index (χ0) is 25.8. The lowest BCUT2D eigenvalue weighted by atomic mass is 10.1. The molecule has 5 rings (SSSR count). The molecule has 0 aliphatic carbocycles. The van der Waals surface area contributed by atoms with E-state index in [2.05, 4.69) is 36.5 Å². The monoisotopic (exact) mass is 561 g/mol. The molecule has 4 aromatic rings. The summed E-state index contributed by atoms with van der Waals surface area (Å²) in [4.78, 5) is 37.0. The van der Waals surface area contributed by atoms with Crippen molar-refractivity contribution < 1.29 is 19.1 Å². The minimum atomic E-state index is -0.289. The van der Waals surface area contributed by atoms with Gasteiger partial charge in [-0.3, -0.25) is 9.59 Å². The smallest absolute Gasteiger partial charge is 0.262 e. The number of fused-ring (bicyclic) bond motifs is 1. The molecule has 188 valence electrons. The summed E-state index contributed by atoms with van der Waals surface area (Å²) in [7, 11) is 0. The van der Waals surface area contributed by atoms with Crippen LogP contribution >= 0.6 is 15.9 Å². The lowest BCUT2D eigenvalue weighted by Crippen LogP contribution is -2.31. The van der Waals surface area contributed by atoms with Crippen molar-refractivity contribution in [3.63, 3.8) is 0 Å². The SMILES string of the molecule is CCOc1cc(-c2nccc(-c3cc4c([nH]3)CCNC4=O)n2)cc(Br)c1OCC(=O)Nc1ccccc1. The summed E-state index contributed by atoms with van der Waals surface area (Å²) in [5.41, 5.74) is 4.35. The van der Waals surface area contributed by atoms with Crippen LogP contribution in [0.5, 0.6) is 11.5 Å². The van der Waals surface area contributed by atoms with Gasteiger partial charge in [-0.15, -0.1) is 0 Å².